The molecule has 0 bridgehead atoms. The summed E-state index contributed by atoms with van der Waals surface area (Å²) in [6, 6.07) is 8.39. The van der Waals surface area contributed by atoms with Crippen LogP contribution in [0.5, 0.6) is 5.75 Å². The Morgan fingerprint density at radius 2 is 1.46 bits per heavy atom. The number of hydrogen-bond donors (Lipinski definition) is 0. The summed E-state index contributed by atoms with van der Waals surface area (Å²) < 4.78 is 19.8. The maximum absolute atomic E-state index is 6.65. The Labute approximate surface area is 174 Å². The van der Waals surface area contributed by atoms with E-state index < -0.39 is 14.1 Å². The monoisotopic (exact) mass is 406 g/mol. The van der Waals surface area contributed by atoms with E-state index in [0.717, 1.165) is 11.3 Å². The first-order valence-corrected chi connectivity index (χ1v) is 13.6. The molecule has 0 saturated carbocycles. The Hall–Kier alpha value is -0.843. The van der Waals surface area contributed by atoms with Gasteiger partial charge in [0.1, 0.15) is 11.4 Å². The molecule has 1 aromatic carbocycles. The number of hydrogen-bond acceptors (Lipinski definition) is 3. The van der Waals surface area contributed by atoms with E-state index in [1.807, 2.05) is 0 Å². The van der Waals surface area contributed by atoms with Crippen LogP contribution in [0.4, 0.5) is 0 Å². The minimum atomic E-state index is -1.92. The zero-order valence-corrected chi connectivity index (χ0v) is 21.2. The summed E-state index contributed by atoms with van der Waals surface area (Å²) in [6.07, 6.45) is 0. The SMILES string of the molecule is CC(C)C1(C(C)C)OC1(OC(C)(C)C)c1cccc(O[Si](C)(C)C(C)(C)C)c1. The summed E-state index contributed by atoms with van der Waals surface area (Å²) in [5.74, 6) is 0.845. The minimum absolute atomic E-state index is 0.151. The Morgan fingerprint density at radius 1 is 0.929 bits per heavy atom. The van der Waals surface area contributed by atoms with Crippen molar-refractivity contribution in [2.75, 3.05) is 0 Å². The second kappa shape index (κ2) is 7.14. The molecule has 0 aromatic heterocycles. The molecule has 0 N–H and O–H groups in total. The quantitative estimate of drug-likeness (QED) is 0.372. The first-order valence-electron chi connectivity index (χ1n) is 10.7. The van der Waals surface area contributed by atoms with Crippen molar-refractivity contribution in [3.63, 3.8) is 0 Å². The van der Waals surface area contributed by atoms with E-state index in [2.05, 4.69) is 107 Å². The van der Waals surface area contributed by atoms with Gasteiger partial charge in [-0.25, -0.2) is 0 Å². The van der Waals surface area contributed by atoms with Crippen LogP contribution in [-0.2, 0) is 15.3 Å². The molecule has 0 spiro atoms. The molecular formula is C24H42O3Si. The third-order valence-corrected chi connectivity index (χ3v) is 10.7. The van der Waals surface area contributed by atoms with Gasteiger partial charge in [0.15, 0.2) is 0 Å². The van der Waals surface area contributed by atoms with Crippen LogP contribution in [0.2, 0.25) is 18.1 Å². The molecule has 0 aliphatic carbocycles. The van der Waals surface area contributed by atoms with E-state index in [4.69, 9.17) is 13.9 Å². The fourth-order valence-corrected chi connectivity index (χ4v) is 4.98. The highest BCUT2D eigenvalue weighted by molar-refractivity contribution is 6.74. The van der Waals surface area contributed by atoms with Gasteiger partial charge in [-0.15, -0.1) is 0 Å². The number of epoxide rings is 1. The van der Waals surface area contributed by atoms with Gasteiger partial charge >= 0.3 is 0 Å². The van der Waals surface area contributed by atoms with Crippen molar-refractivity contribution >= 4 is 8.32 Å². The van der Waals surface area contributed by atoms with Crippen molar-refractivity contribution in [2.45, 2.75) is 104 Å². The second-order valence-corrected chi connectivity index (χ2v) is 16.2. The highest BCUT2D eigenvalue weighted by atomic mass is 28.4. The van der Waals surface area contributed by atoms with Crippen LogP contribution in [0.15, 0.2) is 24.3 Å². The molecular weight excluding hydrogens is 364 g/mol. The van der Waals surface area contributed by atoms with E-state index in [0.29, 0.717) is 11.8 Å². The maximum Gasteiger partial charge on any atom is 0.250 e. The minimum Gasteiger partial charge on any atom is -0.543 e. The Balaban J connectivity index is 2.50. The highest BCUT2D eigenvalue weighted by Gasteiger charge is 2.76. The predicted molar refractivity (Wildman–Crippen MR) is 120 cm³/mol. The average Bonchev–Trinajstić information content (AvgIpc) is 3.15. The first-order chi connectivity index (χ1) is 12.5. The highest BCUT2D eigenvalue weighted by Crippen LogP contribution is 2.65. The molecule has 1 saturated heterocycles. The van der Waals surface area contributed by atoms with Crippen LogP contribution in [0.3, 0.4) is 0 Å². The average molecular weight is 407 g/mol. The largest absolute Gasteiger partial charge is 0.543 e. The molecule has 2 rings (SSSR count). The van der Waals surface area contributed by atoms with Crippen LogP contribution in [0.25, 0.3) is 0 Å². The van der Waals surface area contributed by atoms with E-state index in [1.165, 1.54) is 0 Å². The molecule has 3 nitrogen and oxygen atoms in total. The molecule has 0 amide bonds. The van der Waals surface area contributed by atoms with Gasteiger partial charge in [0, 0.05) is 5.56 Å². The summed E-state index contributed by atoms with van der Waals surface area (Å²) in [6.45, 7) is 26.5. The van der Waals surface area contributed by atoms with Crippen LogP contribution in [0.1, 0.15) is 74.8 Å². The number of benzene rings is 1. The standard InChI is InChI=1S/C24H42O3Si/c1-17(2)23(18(3)4)24(27-23,26-21(5,6)7)19-14-13-15-20(16-19)25-28(11,12)22(8,9)10/h13-18H,1-12H3. The fourth-order valence-electron chi connectivity index (χ4n) is 3.96. The summed E-state index contributed by atoms with van der Waals surface area (Å²) in [5.41, 5.74) is 0.401. The van der Waals surface area contributed by atoms with Crippen molar-refractivity contribution in [1.29, 1.82) is 0 Å². The third-order valence-electron chi connectivity index (χ3n) is 6.34. The topological polar surface area (TPSA) is 31.0 Å². The van der Waals surface area contributed by atoms with Gasteiger partial charge < -0.3 is 13.9 Å². The zero-order chi connectivity index (χ0) is 21.8. The van der Waals surface area contributed by atoms with Gasteiger partial charge in [0.25, 0.3) is 0 Å². The second-order valence-electron chi connectivity index (χ2n) is 11.4. The molecule has 1 unspecified atom stereocenters. The van der Waals surface area contributed by atoms with Crippen molar-refractivity contribution in [3.05, 3.63) is 29.8 Å². The lowest BCUT2D eigenvalue weighted by Crippen LogP contribution is -2.44. The van der Waals surface area contributed by atoms with Crippen molar-refractivity contribution in [2.24, 2.45) is 11.8 Å². The van der Waals surface area contributed by atoms with Gasteiger partial charge in [-0.1, -0.05) is 60.6 Å². The summed E-state index contributed by atoms with van der Waals surface area (Å²) in [4.78, 5) is 0. The number of ether oxygens (including phenoxy) is 2. The fraction of sp³-hybridized carbons (Fsp3) is 0.750. The van der Waals surface area contributed by atoms with Gasteiger partial charge in [0.2, 0.25) is 14.1 Å². The molecule has 1 aliphatic heterocycles. The normalized spacial score (nSPS) is 22.6. The van der Waals surface area contributed by atoms with Gasteiger partial charge in [-0.2, -0.15) is 0 Å². The van der Waals surface area contributed by atoms with Crippen LogP contribution in [-0.4, -0.2) is 19.5 Å². The van der Waals surface area contributed by atoms with Crippen molar-refractivity contribution in [1.82, 2.24) is 0 Å². The van der Waals surface area contributed by atoms with E-state index in [-0.39, 0.29) is 16.2 Å². The van der Waals surface area contributed by atoms with E-state index in [9.17, 15) is 0 Å². The predicted octanol–water partition coefficient (Wildman–Crippen LogP) is 7.12. The zero-order valence-electron chi connectivity index (χ0n) is 20.2. The Kier molecular flexibility index (Phi) is 5.97. The molecule has 28 heavy (non-hydrogen) atoms. The molecule has 1 aromatic rings. The van der Waals surface area contributed by atoms with Crippen LogP contribution >= 0.6 is 0 Å². The maximum atomic E-state index is 6.65. The van der Waals surface area contributed by atoms with Crippen LogP contribution in [0, 0.1) is 11.8 Å². The van der Waals surface area contributed by atoms with Crippen LogP contribution < -0.4 is 4.43 Å². The van der Waals surface area contributed by atoms with Crippen molar-refractivity contribution < 1.29 is 13.9 Å². The van der Waals surface area contributed by atoms with Crippen molar-refractivity contribution in [3.8, 4) is 5.75 Å². The van der Waals surface area contributed by atoms with E-state index >= 15 is 0 Å². The summed E-state index contributed by atoms with van der Waals surface area (Å²) >= 11 is 0. The molecule has 1 fully saturated rings. The number of rotatable bonds is 6. The first kappa shape index (κ1) is 23.4. The molecule has 0 radical (unpaired) electrons. The van der Waals surface area contributed by atoms with Gasteiger partial charge in [-0.3, -0.25) is 0 Å². The molecule has 1 heterocycles. The lowest BCUT2D eigenvalue weighted by molar-refractivity contribution is -0.136. The smallest absolute Gasteiger partial charge is 0.250 e. The van der Waals surface area contributed by atoms with Gasteiger partial charge in [-0.05, 0) is 62.9 Å². The van der Waals surface area contributed by atoms with E-state index in [1.54, 1.807) is 0 Å². The summed E-state index contributed by atoms with van der Waals surface area (Å²) in [5, 5.41) is 0.151. The lowest BCUT2D eigenvalue weighted by Gasteiger charge is -2.37. The molecule has 4 heteroatoms. The Bertz CT molecular complexity index is 687. The third kappa shape index (κ3) is 4.06. The van der Waals surface area contributed by atoms with Gasteiger partial charge in [0.05, 0.1) is 5.60 Å². The molecule has 1 atom stereocenters. The lowest BCUT2D eigenvalue weighted by atomic mass is 9.78. The molecule has 1 aliphatic rings. The Morgan fingerprint density at radius 3 is 1.86 bits per heavy atom. The summed E-state index contributed by atoms with van der Waals surface area (Å²) in [7, 11) is -1.92. The molecule has 160 valence electrons.